The standard InChI is InChI=1S/C19H17ClFN7O/c20-13-3-4-15(29-12-2-1-10(23)5-12)18(19(13)21)14-6-16(28-27-14)26-17-9-24-11(7-22)8-25-17/h3-4,6,8-10,12H,1-2,5,23H2,(H2,25,26,27,28)/t10-,12-/m1/s1. The van der Waals surface area contributed by atoms with Crippen LogP contribution in [-0.2, 0) is 0 Å². The molecule has 1 fully saturated rings. The zero-order valence-corrected chi connectivity index (χ0v) is 15.9. The molecule has 0 aliphatic heterocycles. The van der Waals surface area contributed by atoms with E-state index >= 15 is 0 Å². The van der Waals surface area contributed by atoms with Crippen LogP contribution in [0.2, 0.25) is 5.02 Å². The molecule has 2 aromatic heterocycles. The molecule has 1 aliphatic rings. The van der Waals surface area contributed by atoms with Crippen molar-refractivity contribution in [1.82, 2.24) is 20.2 Å². The van der Waals surface area contributed by atoms with Gasteiger partial charge in [0, 0.05) is 12.1 Å². The molecule has 148 valence electrons. The van der Waals surface area contributed by atoms with E-state index in [0.29, 0.717) is 23.1 Å². The number of nitrogens with two attached hydrogens (primary N) is 1. The Labute approximate surface area is 170 Å². The van der Waals surface area contributed by atoms with Gasteiger partial charge in [-0.2, -0.15) is 10.4 Å². The van der Waals surface area contributed by atoms with E-state index < -0.39 is 5.82 Å². The number of H-pyrrole nitrogens is 1. The number of hydrogen-bond acceptors (Lipinski definition) is 7. The van der Waals surface area contributed by atoms with Crippen molar-refractivity contribution in [3.63, 3.8) is 0 Å². The van der Waals surface area contributed by atoms with Crippen LogP contribution in [0.4, 0.5) is 16.0 Å². The summed E-state index contributed by atoms with van der Waals surface area (Å²) < 4.78 is 20.9. The average molecular weight is 414 g/mol. The Bertz CT molecular complexity index is 1060. The molecule has 1 saturated carbocycles. The second kappa shape index (κ2) is 8.03. The number of ether oxygens (including phenoxy) is 1. The quantitative estimate of drug-likeness (QED) is 0.584. The maximum Gasteiger partial charge on any atom is 0.158 e. The molecule has 1 aromatic carbocycles. The number of rotatable bonds is 5. The summed E-state index contributed by atoms with van der Waals surface area (Å²) in [7, 11) is 0. The van der Waals surface area contributed by atoms with Crippen LogP contribution in [0, 0.1) is 17.1 Å². The lowest BCUT2D eigenvalue weighted by Crippen LogP contribution is -2.19. The van der Waals surface area contributed by atoms with E-state index in [2.05, 4.69) is 25.5 Å². The second-order valence-electron chi connectivity index (χ2n) is 6.74. The van der Waals surface area contributed by atoms with Crippen molar-refractivity contribution in [3.05, 3.63) is 47.1 Å². The third-order valence-corrected chi connectivity index (χ3v) is 4.94. The summed E-state index contributed by atoms with van der Waals surface area (Å²) in [5.41, 5.74) is 6.74. The molecule has 0 radical (unpaired) electrons. The molecular weight excluding hydrogens is 397 g/mol. The van der Waals surface area contributed by atoms with Crippen LogP contribution in [0.5, 0.6) is 5.75 Å². The van der Waals surface area contributed by atoms with Crippen molar-refractivity contribution in [2.24, 2.45) is 5.73 Å². The van der Waals surface area contributed by atoms with E-state index in [-0.39, 0.29) is 28.4 Å². The fourth-order valence-electron chi connectivity index (χ4n) is 3.24. The van der Waals surface area contributed by atoms with Crippen molar-refractivity contribution in [3.8, 4) is 23.1 Å². The van der Waals surface area contributed by atoms with Gasteiger partial charge in [-0.15, -0.1) is 0 Å². The Balaban J connectivity index is 1.60. The molecule has 2 heterocycles. The van der Waals surface area contributed by atoms with E-state index in [9.17, 15) is 4.39 Å². The first-order chi connectivity index (χ1) is 14.0. The molecule has 29 heavy (non-hydrogen) atoms. The van der Waals surface area contributed by atoms with Crippen molar-refractivity contribution in [2.45, 2.75) is 31.4 Å². The molecule has 0 amide bonds. The highest BCUT2D eigenvalue weighted by Crippen LogP contribution is 2.38. The number of nitrogens with zero attached hydrogens (tertiary/aromatic N) is 4. The summed E-state index contributed by atoms with van der Waals surface area (Å²) in [6.07, 6.45) is 5.09. The Hall–Kier alpha value is -3.22. The van der Waals surface area contributed by atoms with E-state index in [0.717, 1.165) is 19.3 Å². The normalized spacial score (nSPS) is 18.4. The highest BCUT2D eigenvalue weighted by molar-refractivity contribution is 6.31. The van der Waals surface area contributed by atoms with Gasteiger partial charge in [0.05, 0.1) is 28.7 Å². The zero-order valence-electron chi connectivity index (χ0n) is 15.2. The molecule has 1 aliphatic carbocycles. The molecule has 0 bridgehead atoms. The van der Waals surface area contributed by atoms with Crippen molar-refractivity contribution in [1.29, 1.82) is 5.26 Å². The molecule has 10 heteroatoms. The molecule has 4 rings (SSSR count). The zero-order chi connectivity index (χ0) is 20.4. The van der Waals surface area contributed by atoms with E-state index in [1.165, 1.54) is 18.5 Å². The molecule has 8 nitrogen and oxygen atoms in total. The first kappa shape index (κ1) is 19.1. The Morgan fingerprint density at radius 1 is 1.28 bits per heavy atom. The van der Waals surface area contributed by atoms with E-state index in [1.54, 1.807) is 12.1 Å². The third-order valence-electron chi connectivity index (χ3n) is 4.65. The van der Waals surface area contributed by atoms with Crippen molar-refractivity contribution < 1.29 is 9.13 Å². The highest BCUT2D eigenvalue weighted by atomic mass is 35.5. The van der Waals surface area contributed by atoms with Crippen LogP contribution in [0.1, 0.15) is 25.0 Å². The smallest absolute Gasteiger partial charge is 0.158 e. The fraction of sp³-hybridized carbons (Fsp3) is 0.263. The number of halogens is 2. The van der Waals surface area contributed by atoms with Gasteiger partial charge in [0.15, 0.2) is 17.3 Å². The number of nitriles is 1. The minimum atomic E-state index is -0.597. The largest absolute Gasteiger partial charge is 0.490 e. The lowest BCUT2D eigenvalue weighted by Gasteiger charge is -2.17. The van der Waals surface area contributed by atoms with Crippen LogP contribution < -0.4 is 15.8 Å². The number of benzene rings is 1. The number of anilines is 2. The highest BCUT2D eigenvalue weighted by Gasteiger charge is 2.26. The van der Waals surface area contributed by atoms with Crippen LogP contribution in [0.3, 0.4) is 0 Å². The lowest BCUT2D eigenvalue weighted by molar-refractivity contribution is 0.208. The van der Waals surface area contributed by atoms with Crippen molar-refractivity contribution in [2.75, 3.05) is 5.32 Å². The number of hydrogen-bond donors (Lipinski definition) is 3. The topological polar surface area (TPSA) is 126 Å². The van der Waals surface area contributed by atoms with Gasteiger partial charge in [-0.05, 0) is 31.4 Å². The predicted molar refractivity (Wildman–Crippen MR) is 105 cm³/mol. The van der Waals surface area contributed by atoms with Gasteiger partial charge in [-0.3, -0.25) is 5.10 Å². The van der Waals surface area contributed by atoms with Gasteiger partial charge in [0.1, 0.15) is 23.7 Å². The Kier molecular flexibility index (Phi) is 5.29. The summed E-state index contributed by atoms with van der Waals surface area (Å²) in [6, 6.07) is 6.71. The van der Waals surface area contributed by atoms with Crippen molar-refractivity contribution >= 4 is 23.2 Å². The monoisotopic (exact) mass is 413 g/mol. The predicted octanol–water partition coefficient (Wildman–Crippen LogP) is 3.53. The summed E-state index contributed by atoms with van der Waals surface area (Å²) in [5.74, 6) is 0.566. The SMILES string of the molecule is N#Cc1cnc(Nc2cc(-c3c(O[C@@H]4CC[C@@H](N)C4)ccc(Cl)c3F)[nH]n2)cn1. The molecule has 0 saturated heterocycles. The first-order valence-electron chi connectivity index (χ1n) is 8.98. The van der Waals surface area contributed by atoms with Gasteiger partial charge in [0.25, 0.3) is 0 Å². The minimum Gasteiger partial charge on any atom is -0.490 e. The molecule has 4 N–H and O–H groups in total. The fourth-order valence-corrected chi connectivity index (χ4v) is 3.39. The minimum absolute atomic E-state index is 0.0162. The summed E-state index contributed by atoms with van der Waals surface area (Å²) in [5, 5.41) is 18.6. The molecular formula is C19H17ClFN7O. The Morgan fingerprint density at radius 2 is 2.14 bits per heavy atom. The molecule has 0 spiro atoms. The molecule has 3 aromatic rings. The van der Waals surface area contributed by atoms with Gasteiger partial charge >= 0.3 is 0 Å². The van der Waals surface area contributed by atoms with Crippen LogP contribution >= 0.6 is 11.6 Å². The number of nitrogens with one attached hydrogen (secondary N) is 2. The summed E-state index contributed by atoms with van der Waals surface area (Å²) >= 11 is 6.00. The number of aromatic nitrogens is 4. The van der Waals surface area contributed by atoms with Gasteiger partial charge in [0.2, 0.25) is 0 Å². The average Bonchev–Trinajstić information content (AvgIpc) is 3.34. The van der Waals surface area contributed by atoms with Crippen LogP contribution in [0.15, 0.2) is 30.6 Å². The molecule has 0 unspecified atom stereocenters. The van der Waals surface area contributed by atoms with E-state index in [1.807, 2.05) is 6.07 Å². The first-order valence-corrected chi connectivity index (χ1v) is 9.36. The third kappa shape index (κ3) is 4.13. The van der Waals surface area contributed by atoms with Crippen LogP contribution in [-0.4, -0.2) is 32.3 Å². The number of aromatic amines is 1. The van der Waals surface area contributed by atoms with Gasteiger partial charge in [-0.25, -0.2) is 14.4 Å². The second-order valence-corrected chi connectivity index (χ2v) is 7.15. The van der Waals surface area contributed by atoms with Crippen LogP contribution in [0.25, 0.3) is 11.3 Å². The lowest BCUT2D eigenvalue weighted by atomic mass is 10.1. The molecule has 2 atom stereocenters. The van der Waals surface area contributed by atoms with Gasteiger partial charge in [-0.1, -0.05) is 11.6 Å². The van der Waals surface area contributed by atoms with E-state index in [4.69, 9.17) is 27.3 Å². The maximum absolute atomic E-state index is 14.9. The summed E-state index contributed by atoms with van der Waals surface area (Å²) in [6.45, 7) is 0. The summed E-state index contributed by atoms with van der Waals surface area (Å²) in [4.78, 5) is 8.00. The maximum atomic E-state index is 14.9. The Morgan fingerprint density at radius 3 is 2.83 bits per heavy atom. The van der Waals surface area contributed by atoms with Gasteiger partial charge < -0.3 is 15.8 Å².